The minimum Gasteiger partial charge on any atom is -0.493 e. The zero-order valence-corrected chi connectivity index (χ0v) is 30.4. The molecule has 13 nitrogen and oxygen atoms in total. The summed E-state index contributed by atoms with van der Waals surface area (Å²) in [6, 6.07) is 26.2. The number of hydrogen-bond acceptors (Lipinski definition) is 10. The number of nitro groups is 1. The second-order valence-electron chi connectivity index (χ2n) is 13.7. The number of anilines is 3. The number of nitrogens with two attached hydrogens (primary N) is 1. The Hall–Kier alpha value is -6.89. The molecule has 55 heavy (non-hydrogen) atoms. The van der Waals surface area contributed by atoms with E-state index in [9.17, 15) is 19.7 Å². The largest absolute Gasteiger partial charge is 0.493 e. The normalized spacial score (nSPS) is 16.5. The predicted octanol–water partition coefficient (Wildman–Crippen LogP) is 7.23. The molecule has 3 aliphatic rings. The Morgan fingerprint density at radius 1 is 0.836 bits per heavy atom. The van der Waals surface area contributed by atoms with Crippen molar-refractivity contribution in [3.63, 3.8) is 0 Å². The molecule has 8 rings (SSSR count). The first-order valence-corrected chi connectivity index (χ1v) is 17.7. The van der Waals surface area contributed by atoms with E-state index in [1.54, 1.807) is 40.3 Å². The molecule has 0 unspecified atom stereocenters. The molecular formula is C42H37N5O8. The Balaban J connectivity index is 1.01. The number of rotatable bonds is 10. The van der Waals surface area contributed by atoms with E-state index in [-0.39, 0.29) is 65.5 Å². The van der Waals surface area contributed by atoms with Crippen molar-refractivity contribution in [1.29, 1.82) is 0 Å². The lowest BCUT2D eigenvalue weighted by Gasteiger charge is -2.24. The third-order valence-corrected chi connectivity index (χ3v) is 10.2. The molecule has 0 radical (unpaired) electrons. The molecule has 13 heteroatoms. The van der Waals surface area contributed by atoms with Crippen LogP contribution in [0.2, 0.25) is 0 Å². The molecule has 5 aromatic rings. The van der Waals surface area contributed by atoms with Gasteiger partial charge in [-0.25, -0.2) is 0 Å². The van der Waals surface area contributed by atoms with Gasteiger partial charge in [-0.1, -0.05) is 36.4 Å². The highest BCUT2D eigenvalue weighted by Crippen LogP contribution is 2.42. The van der Waals surface area contributed by atoms with Gasteiger partial charge in [-0.15, -0.1) is 0 Å². The minimum absolute atomic E-state index is 0.0504. The van der Waals surface area contributed by atoms with E-state index in [1.165, 1.54) is 32.4 Å². The average Bonchev–Trinajstić information content (AvgIpc) is 3.70. The zero-order chi connectivity index (χ0) is 38.4. The fourth-order valence-electron chi connectivity index (χ4n) is 7.56. The first-order chi connectivity index (χ1) is 26.6. The van der Waals surface area contributed by atoms with E-state index in [1.807, 2.05) is 55.5 Å². The van der Waals surface area contributed by atoms with Crippen molar-refractivity contribution in [2.75, 3.05) is 29.8 Å². The van der Waals surface area contributed by atoms with E-state index in [2.05, 4.69) is 4.99 Å². The van der Waals surface area contributed by atoms with Crippen LogP contribution in [0.4, 0.5) is 28.4 Å². The van der Waals surface area contributed by atoms with Crippen molar-refractivity contribution in [3.05, 3.63) is 134 Å². The Morgan fingerprint density at radius 2 is 1.45 bits per heavy atom. The van der Waals surface area contributed by atoms with Gasteiger partial charge in [0.05, 0.1) is 42.0 Å². The summed E-state index contributed by atoms with van der Waals surface area (Å²) in [5, 5.41) is 12.0. The molecule has 3 heterocycles. The maximum absolute atomic E-state index is 13.8. The van der Waals surface area contributed by atoms with Gasteiger partial charge in [0.25, 0.3) is 17.5 Å². The first kappa shape index (κ1) is 35.2. The van der Waals surface area contributed by atoms with Crippen LogP contribution < -0.4 is 34.5 Å². The fourth-order valence-corrected chi connectivity index (χ4v) is 7.56. The molecule has 3 aliphatic heterocycles. The summed E-state index contributed by atoms with van der Waals surface area (Å²) in [7, 11) is 2.94. The highest BCUT2D eigenvalue weighted by Gasteiger charge is 2.37. The number of non-ortho nitro benzene ring substituents is 1. The van der Waals surface area contributed by atoms with E-state index in [0.717, 1.165) is 28.9 Å². The van der Waals surface area contributed by atoms with Gasteiger partial charge in [0.1, 0.15) is 13.2 Å². The second-order valence-corrected chi connectivity index (χ2v) is 13.7. The summed E-state index contributed by atoms with van der Waals surface area (Å²) >= 11 is 0. The highest BCUT2D eigenvalue weighted by molar-refractivity contribution is 6.15. The number of nitrogen functional groups attached to an aromatic ring is 1. The molecule has 0 saturated heterocycles. The number of ether oxygens (including phenoxy) is 4. The smallest absolute Gasteiger partial charge is 0.270 e. The van der Waals surface area contributed by atoms with Gasteiger partial charge in [-0.2, -0.15) is 0 Å². The van der Waals surface area contributed by atoms with E-state index in [4.69, 9.17) is 24.7 Å². The average molecular weight is 740 g/mol. The Morgan fingerprint density at radius 3 is 2.13 bits per heavy atom. The van der Waals surface area contributed by atoms with Gasteiger partial charge in [0.2, 0.25) is 0 Å². The number of amides is 2. The second kappa shape index (κ2) is 14.2. The monoisotopic (exact) mass is 739 g/mol. The number of nitrogens with zero attached hydrogens (tertiary/aromatic N) is 4. The molecule has 0 bridgehead atoms. The van der Waals surface area contributed by atoms with Crippen LogP contribution in [0.3, 0.4) is 0 Å². The summed E-state index contributed by atoms with van der Waals surface area (Å²) in [6.07, 6.45) is 3.17. The number of hydrogen-bond donors (Lipinski definition) is 1. The standard InChI is InChI=1S/C42H37N5O8/c1-24-12-27-8-4-6-10-35(27)45(24)41(48)31-17-37(52-2)39(19-33(31)43)54-22-25-13-26(15-29(14-25)47(50)51)23-55-40-20-34-32(18-38(40)53-3)42(49)46-30(21-44-34)16-28-9-5-7-11-36(28)46/h4-11,13-15,17-21,24,30H,12,16,22-23,43H2,1-3H3/t24-,30+/m1/s1. The van der Waals surface area contributed by atoms with E-state index in [0.29, 0.717) is 40.3 Å². The van der Waals surface area contributed by atoms with Crippen LogP contribution in [0.1, 0.15) is 49.9 Å². The Bertz CT molecular complexity index is 2410. The van der Waals surface area contributed by atoms with Crippen LogP contribution in [0.15, 0.2) is 96.0 Å². The van der Waals surface area contributed by atoms with Crippen LogP contribution in [0.5, 0.6) is 23.0 Å². The van der Waals surface area contributed by atoms with Crippen molar-refractivity contribution in [3.8, 4) is 23.0 Å². The summed E-state index contributed by atoms with van der Waals surface area (Å²) in [5.74, 6) is 0.745. The Labute approximate surface area is 316 Å². The van der Waals surface area contributed by atoms with Crippen LogP contribution in [-0.4, -0.2) is 49.3 Å². The van der Waals surface area contributed by atoms with E-state index >= 15 is 0 Å². The van der Waals surface area contributed by atoms with E-state index < -0.39 is 4.92 Å². The SMILES string of the molecule is COc1cc(C(=O)N2c3ccccc3C[C@H]2C)c(N)cc1OCc1cc(COc2cc3c(cc2OC)C(=O)N2c4ccccc4C[C@H]2C=N3)cc([N+](=O)[O-])c1. The van der Waals surface area contributed by atoms with Crippen LogP contribution in [0, 0.1) is 10.1 Å². The molecule has 0 spiro atoms. The maximum Gasteiger partial charge on any atom is 0.270 e. The third kappa shape index (κ3) is 6.43. The lowest BCUT2D eigenvalue weighted by Crippen LogP contribution is -2.37. The number of methoxy groups -OCH3 is 2. The first-order valence-electron chi connectivity index (χ1n) is 17.7. The molecule has 0 fully saturated rings. The van der Waals surface area contributed by atoms with Gasteiger partial charge in [-0.05, 0) is 65.9 Å². The highest BCUT2D eigenvalue weighted by atomic mass is 16.6. The van der Waals surface area contributed by atoms with Gasteiger partial charge in [-0.3, -0.25) is 29.6 Å². The molecule has 0 aliphatic carbocycles. The van der Waals surface area contributed by atoms with Crippen molar-refractivity contribution in [2.24, 2.45) is 4.99 Å². The molecular weight excluding hydrogens is 702 g/mol. The quantitative estimate of drug-likeness (QED) is 0.0886. The topological polar surface area (TPSA) is 159 Å². The summed E-state index contributed by atoms with van der Waals surface area (Å²) < 4.78 is 23.5. The fraction of sp³-hybridized carbons (Fsp3) is 0.214. The van der Waals surface area contributed by atoms with Crippen molar-refractivity contribution in [1.82, 2.24) is 0 Å². The van der Waals surface area contributed by atoms with Crippen LogP contribution in [-0.2, 0) is 26.1 Å². The zero-order valence-electron chi connectivity index (χ0n) is 30.4. The molecule has 0 aromatic heterocycles. The van der Waals surface area contributed by atoms with Gasteiger partial charge >= 0.3 is 0 Å². The van der Waals surface area contributed by atoms with Gasteiger partial charge in [0, 0.05) is 60.0 Å². The number of aliphatic imine (C=N–C) groups is 1. The molecule has 2 atom stereocenters. The lowest BCUT2D eigenvalue weighted by atomic mass is 10.1. The summed E-state index contributed by atoms with van der Waals surface area (Å²) in [6.45, 7) is 1.85. The molecule has 2 amide bonds. The van der Waals surface area contributed by atoms with Crippen LogP contribution >= 0.6 is 0 Å². The maximum atomic E-state index is 13.8. The number of benzene rings is 5. The number of para-hydroxylation sites is 2. The summed E-state index contributed by atoms with van der Waals surface area (Å²) in [4.78, 5) is 47.2. The molecule has 2 N–H and O–H groups in total. The van der Waals surface area contributed by atoms with Gasteiger partial charge in [0.15, 0.2) is 23.0 Å². The van der Waals surface area contributed by atoms with Crippen LogP contribution in [0.25, 0.3) is 0 Å². The molecule has 0 saturated carbocycles. The minimum atomic E-state index is -0.489. The van der Waals surface area contributed by atoms with Gasteiger partial charge < -0.3 is 29.6 Å². The Kier molecular flexibility index (Phi) is 9.05. The number of nitro benzene ring substituents is 1. The summed E-state index contributed by atoms with van der Waals surface area (Å²) in [5.41, 5.74) is 12.4. The molecule has 5 aromatic carbocycles. The van der Waals surface area contributed by atoms with Crippen molar-refractivity contribution >= 4 is 46.5 Å². The number of carbonyl (C=O) groups is 2. The molecule has 278 valence electrons. The number of carbonyl (C=O) groups excluding carboxylic acids is 2. The van der Waals surface area contributed by atoms with Crippen molar-refractivity contribution in [2.45, 2.75) is 45.1 Å². The lowest BCUT2D eigenvalue weighted by molar-refractivity contribution is -0.385. The third-order valence-electron chi connectivity index (χ3n) is 10.2. The number of fused-ring (bicyclic) bond motifs is 5. The predicted molar refractivity (Wildman–Crippen MR) is 207 cm³/mol. The van der Waals surface area contributed by atoms with Crippen molar-refractivity contribution < 1.29 is 33.5 Å².